The number of alkyl halides is 3. The third-order valence-electron chi connectivity index (χ3n) is 3.04. The number of halogens is 5. The first kappa shape index (κ1) is 18.2. The van der Waals surface area contributed by atoms with E-state index in [2.05, 4.69) is 0 Å². The molecular weight excluding hydrogens is 378 g/mol. The van der Waals surface area contributed by atoms with Crippen LogP contribution in [-0.4, -0.2) is 25.9 Å². The Kier molecular flexibility index (Phi) is 5.05. The minimum Gasteiger partial charge on any atom is -0.207 e. The van der Waals surface area contributed by atoms with Crippen LogP contribution in [0.2, 0.25) is 4.34 Å². The Morgan fingerprint density at radius 2 is 1.70 bits per heavy atom. The Balaban J connectivity index is 2.49. The molecule has 126 valence electrons. The zero-order chi connectivity index (χ0) is 17.4. The lowest BCUT2D eigenvalue weighted by Crippen LogP contribution is -2.39. The number of benzene rings is 1. The highest BCUT2D eigenvalue weighted by molar-refractivity contribution is 7.91. The van der Waals surface area contributed by atoms with Crippen LogP contribution in [0.4, 0.5) is 17.6 Å². The van der Waals surface area contributed by atoms with E-state index in [4.69, 9.17) is 11.6 Å². The first-order chi connectivity index (χ1) is 10.5. The molecule has 0 spiro atoms. The number of hydrogen-bond donors (Lipinski definition) is 0. The van der Waals surface area contributed by atoms with E-state index >= 15 is 0 Å². The number of hydrogen-bond acceptors (Lipinski definition) is 3. The summed E-state index contributed by atoms with van der Waals surface area (Å²) in [4.78, 5) is 0. The average Bonchev–Trinajstić information content (AvgIpc) is 2.87. The monoisotopic (exact) mass is 387 g/mol. The van der Waals surface area contributed by atoms with Crippen LogP contribution in [0.5, 0.6) is 0 Å². The molecule has 1 unspecified atom stereocenters. The van der Waals surface area contributed by atoms with Gasteiger partial charge in [-0.3, -0.25) is 0 Å². The molecule has 1 aromatic heterocycles. The summed E-state index contributed by atoms with van der Waals surface area (Å²) in [6, 6.07) is 3.48. The van der Waals surface area contributed by atoms with Crippen molar-refractivity contribution in [3.05, 3.63) is 52.1 Å². The minimum atomic E-state index is -4.87. The molecule has 0 amide bonds. The van der Waals surface area contributed by atoms with E-state index in [9.17, 15) is 26.0 Å². The van der Waals surface area contributed by atoms with Crippen LogP contribution in [0.3, 0.4) is 0 Å². The summed E-state index contributed by atoms with van der Waals surface area (Å²) >= 11 is 6.30. The summed E-state index contributed by atoms with van der Waals surface area (Å²) in [6.07, 6.45) is -4.87. The van der Waals surface area contributed by atoms with E-state index in [1.165, 1.54) is 6.07 Å². The van der Waals surface area contributed by atoms with E-state index < -0.39 is 28.1 Å². The smallest absolute Gasteiger partial charge is 0.207 e. The number of sulfonamides is 1. The van der Waals surface area contributed by atoms with Crippen molar-refractivity contribution in [2.45, 2.75) is 16.4 Å². The quantitative estimate of drug-likeness (QED) is 0.726. The number of rotatable bonds is 4. The Bertz CT molecular complexity index is 787. The summed E-state index contributed by atoms with van der Waals surface area (Å²) in [6.45, 7) is 0. The van der Waals surface area contributed by atoms with Gasteiger partial charge in [-0.1, -0.05) is 23.7 Å². The van der Waals surface area contributed by atoms with Crippen molar-refractivity contribution in [3.8, 4) is 0 Å². The second kappa shape index (κ2) is 6.39. The predicted octanol–water partition coefficient (Wildman–Crippen LogP) is 4.46. The van der Waals surface area contributed by atoms with Gasteiger partial charge in [-0.25, -0.2) is 12.8 Å². The molecule has 0 aliphatic rings. The molecule has 0 N–H and O–H groups in total. The van der Waals surface area contributed by atoms with Crippen LogP contribution >= 0.6 is 22.9 Å². The fourth-order valence-corrected chi connectivity index (χ4v) is 4.97. The molecule has 0 aliphatic heterocycles. The first-order valence-electron chi connectivity index (χ1n) is 6.09. The molecule has 1 aromatic carbocycles. The van der Waals surface area contributed by atoms with Gasteiger partial charge in [0.15, 0.2) is 0 Å². The van der Waals surface area contributed by atoms with Crippen LogP contribution in [0.25, 0.3) is 0 Å². The third kappa shape index (κ3) is 3.85. The molecule has 2 aromatic rings. The topological polar surface area (TPSA) is 37.4 Å². The van der Waals surface area contributed by atoms with Crippen LogP contribution in [0, 0.1) is 5.82 Å². The van der Waals surface area contributed by atoms with E-state index in [-0.39, 0.29) is 18.4 Å². The third-order valence-corrected chi connectivity index (χ3v) is 6.56. The minimum absolute atomic E-state index is 0.141. The van der Waals surface area contributed by atoms with Crippen LogP contribution in [0.15, 0.2) is 40.6 Å². The van der Waals surface area contributed by atoms with Crippen molar-refractivity contribution in [1.82, 2.24) is 4.31 Å². The van der Waals surface area contributed by atoms with Crippen LogP contribution < -0.4 is 0 Å². The van der Waals surface area contributed by atoms with Crippen molar-refractivity contribution in [1.29, 1.82) is 0 Å². The maximum atomic E-state index is 13.4. The molecule has 0 saturated heterocycles. The molecule has 2 rings (SSSR count). The first-order valence-corrected chi connectivity index (χ1v) is 8.72. The second-order valence-electron chi connectivity index (χ2n) is 4.58. The van der Waals surface area contributed by atoms with Crippen molar-refractivity contribution in [3.63, 3.8) is 0 Å². The average molecular weight is 388 g/mol. The molecule has 0 bridgehead atoms. The van der Waals surface area contributed by atoms with Gasteiger partial charge in [0.25, 0.3) is 10.0 Å². The van der Waals surface area contributed by atoms with Gasteiger partial charge in [-0.15, -0.1) is 11.3 Å². The number of nitrogens with zero attached hydrogens (tertiary/aromatic N) is 1. The van der Waals surface area contributed by atoms with Crippen molar-refractivity contribution < 1.29 is 26.0 Å². The highest BCUT2D eigenvalue weighted by atomic mass is 35.5. The van der Waals surface area contributed by atoms with E-state index in [0.29, 0.717) is 11.3 Å². The summed E-state index contributed by atoms with van der Waals surface area (Å²) in [7, 11) is -3.58. The number of thiophene rings is 1. The van der Waals surface area contributed by atoms with Crippen LogP contribution in [0.1, 0.15) is 11.6 Å². The lowest BCUT2D eigenvalue weighted by Gasteiger charge is -2.29. The molecule has 0 aliphatic carbocycles. The maximum absolute atomic E-state index is 13.4. The summed E-state index contributed by atoms with van der Waals surface area (Å²) in [5.41, 5.74) is -0.382. The Hall–Kier alpha value is -1.16. The molecule has 23 heavy (non-hydrogen) atoms. The van der Waals surface area contributed by atoms with Crippen molar-refractivity contribution >= 4 is 33.0 Å². The summed E-state index contributed by atoms with van der Waals surface area (Å²) in [5.74, 6) is -0.717. The molecular formula is C13H10ClF4NO2S2. The van der Waals surface area contributed by atoms with E-state index in [1.54, 1.807) is 0 Å². The van der Waals surface area contributed by atoms with Gasteiger partial charge in [-0.2, -0.15) is 17.5 Å². The molecule has 0 saturated carbocycles. The standard InChI is InChI=1S/C13H10ClF4NO2S2/c1-19(23(20,21)11-7-6-10(14)22-11)12(13(16,17)18)8-2-4-9(15)5-3-8/h2-7,12H,1H3. The summed E-state index contributed by atoms with van der Waals surface area (Å²) < 4.78 is 77.9. The fourth-order valence-electron chi connectivity index (χ4n) is 1.97. The van der Waals surface area contributed by atoms with Gasteiger partial charge in [0.05, 0.1) is 4.34 Å². The zero-order valence-corrected chi connectivity index (χ0v) is 13.9. The largest absolute Gasteiger partial charge is 0.409 e. The predicted molar refractivity (Wildman–Crippen MR) is 79.5 cm³/mol. The Morgan fingerprint density at radius 1 is 1.13 bits per heavy atom. The highest BCUT2D eigenvalue weighted by Crippen LogP contribution is 2.40. The lowest BCUT2D eigenvalue weighted by atomic mass is 10.1. The molecule has 1 atom stereocenters. The fraction of sp³-hybridized carbons (Fsp3) is 0.231. The van der Waals surface area contributed by atoms with Crippen molar-refractivity contribution in [2.24, 2.45) is 0 Å². The van der Waals surface area contributed by atoms with Crippen molar-refractivity contribution in [2.75, 3.05) is 7.05 Å². The zero-order valence-electron chi connectivity index (χ0n) is 11.5. The molecule has 10 heteroatoms. The Morgan fingerprint density at radius 3 is 2.13 bits per heavy atom. The SMILES string of the molecule is CN(C(c1ccc(F)cc1)C(F)(F)F)S(=O)(=O)c1ccc(Cl)s1. The molecule has 0 fully saturated rings. The second-order valence-corrected chi connectivity index (χ2v) is 8.51. The summed E-state index contributed by atoms with van der Waals surface area (Å²) in [5, 5.41) is 0. The normalized spacial score (nSPS) is 14.2. The van der Waals surface area contributed by atoms with Gasteiger partial charge in [0.2, 0.25) is 0 Å². The molecule has 0 radical (unpaired) electrons. The van der Waals surface area contributed by atoms with E-state index in [1.807, 2.05) is 0 Å². The van der Waals surface area contributed by atoms with Gasteiger partial charge in [0.1, 0.15) is 16.1 Å². The van der Waals surface area contributed by atoms with Gasteiger partial charge >= 0.3 is 6.18 Å². The van der Waals surface area contributed by atoms with Gasteiger partial charge in [-0.05, 0) is 29.8 Å². The maximum Gasteiger partial charge on any atom is 0.409 e. The Labute approximate surface area is 139 Å². The van der Waals surface area contributed by atoms with Gasteiger partial charge in [0, 0.05) is 7.05 Å². The molecule has 3 nitrogen and oxygen atoms in total. The van der Waals surface area contributed by atoms with E-state index in [0.717, 1.165) is 37.4 Å². The lowest BCUT2D eigenvalue weighted by molar-refractivity contribution is -0.171. The van der Waals surface area contributed by atoms with Crippen LogP contribution in [-0.2, 0) is 10.0 Å². The highest BCUT2D eigenvalue weighted by Gasteiger charge is 2.47. The van der Waals surface area contributed by atoms with Gasteiger partial charge < -0.3 is 0 Å². The molecule has 1 heterocycles.